The highest BCUT2D eigenvalue weighted by molar-refractivity contribution is 9.10. The number of hydrogen-bond acceptors (Lipinski definition) is 4. The summed E-state index contributed by atoms with van der Waals surface area (Å²) in [5, 5.41) is 0. The second-order valence-corrected chi connectivity index (χ2v) is 3.47. The molecule has 4 nitrogen and oxygen atoms in total. The zero-order chi connectivity index (χ0) is 11.3. The third-order valence-electron chi connectivity index (χ3n) is 1.63. The minimum atomic E-state index is -0.399. The average molecular weight is 274 g/mol. The van der Waals surface area contributed by atoms with E-state index in [-0.39, 0.29) is 0 Å². The number of ether oxygens (including phenoxy) is 2. The van der Waals surface area contributed by atoms with Crippen molar-refractivity contribution in [3.8, 4) is 5.75 Å². The van der Waals surface area contributed by atoms with Gasteiger partial charge in [0.1, 0.15) is 10.2 Å². The van der Waals surface area contributed by atoms with Crippen LogP contribution in [0.1, 0.15) is 24.2 Å². The van der Waals surface area contributed by atoms with Crippen LogP contribution in [-0.4, -0.2) is 24.2 Å². The van der Waals surface area contributed by atoms with Gasteiger partial charge in [0.25, 0.3) is 0 Å². The molecule has 5 heteroatoms. The van der Waals surface area contributed by atoms with Crippen molar-refractivity contribution < 1.29 is 14.3 Å². The lowest BCUT2D eigenvalue weighted by molar-refractivity contribution is 0.0521. The van der Waals surface area contributed by atoms with E-state index in [1.165, 1.54) is 6.20 Å². The Bertz CT molecular complexity index is 355. The van der Waals surface area contributed by atoms with Crippen LogP contribution in [0.25, 0.3) is 0 Å². The van der Waals surface area contributed by atoms with E-state index in [4.69, 9.17) is 9.47 Å². The first-order chi connectivity index (χ1) is 7.19. The Kier molecular flexibility index (Phi) is 4.55. The molecule has 1 aromatic heterocycles. The third-order valence-corrected chi connectivity index (χ3v) is 2.06. The first-order valence-corrected chi connectivity index (χ1v) is 5.43. The summed E-state index contributed by atoms with van der Waals surface area (Å²) in [6, 6.07) is 1.59. The predicted octanol–water partition coefficient (Wildman–Crippen LogP) is 2.42. The smallest absolute Gasteiger partial charge is 0.342 e. The monoisotopic (exact) mass is 273 g/mol. The van der Waals surface area contributed by atoms with Crippen LogP contribution in [0.2, 0.25) is 0 Å². The van der Waals surface area contributed by atoms with Crippen LogP contribution in [0.5, 0.6) is 5.75 Å². The summed E-state index contributed by atoms with van der Waals surface area (Å²) in [6.45, 7) is 4.42. The van der Waals surface area contributed by atoms with Gasteiger partial charge in [0, 0.05) is 0 Å². The third kappa shape index (κ3) is 3.20. The fourth-order valence-corrected chi connectivity index (χ4v) is 1.39. The molecule has 0 saturated carbocycles. The Morgan fingerprint density at radius 1 is 1.47 bits per heavy atom. The summed E-state index contributed by atoms with van der Waals surface area (Å²) in [5.41, 5.74) is 0.389. The van der Waals surface area contributed by atoms with E-state index in [1.807, 2.05) is 6.92 Å². The lowest BCUT2D eigenvalue weighted by atomic mass is 10.2. The topological polar surface area (TPSA) is 48.4 Å². The zero-order valence-electron chi connectivity index (χ0n) is 8.62. The van der Waals surface area contributed by atoms with Gasteiger partial charge < -0.3 is 9.47 Å². The fourth-order valence-electron chi connectivity index (χ4n) is 1.06. The Morgan fingerprint density at radius 2 is 2.20 bits per heavy atom. The minimum absolute atomic E-state index is 0.338. The normalized spacial score (nSPS) is 9.80. The molecule has 0 aliphatic rings. The molecule has 0 amide bonds. The molecule has 0 aromatic carbocycles. The van der Waals surface area contributed by atoms with Crippen LogP contribution in [0.4, 0.5) is 0 Å². The van der Waals surface area contributed by atoms with E-state index < -0.39 is 5.97 Å². The Hall–Kier alpha value is -1.10. The van der Waals surface area contributed by atoms with Gasteiger partial charge in [-0.15, -0.1) is 0 Å². The highest BCUT2D eigenvalue weighted by Crippen LogP contribution is 2.21. The summed E-state index contributed by atoms with van der Waals surface area (Å²) in [5.74, 6) is 0.0446. The van der Waals surface area contributed by atoms with Gasteiger partial charge in [-0.25, -0.2) is 9.78 Å². The summed E-state index contributed by atoms with van der Waals surface area (Å²) in [6.07, 6.45) is 1.50. The summed E-state index contributed by atoms with van der Waals surface area (Å²) < 4.78 is 10.8. The van der Waals surface area contributed by atoms with Crippen molar-refractivity contribution in [1.82, 2.24) is 4.98 Å². The Labute approximate surface area is 96.7 Å². The summed E-state index contributed by atoms with van der Waals surface area (Å²) >= 11 is 3.19. The predicted molar refractivity (Wildman–Crippen MR) is 59.1 cm³/mol. The maximum absolute atomic E-state index is 11.5. The highest BCUT2D eigenvalue weighted by Gasteiger charge is 2.14. The fraction of sp³-hybridized carbons (Fsp3) is 0.400. The van der Waals surface area contributed by atoms with Gasteiger partial charge in [-0.05, 0) is 35.8 Å². The molecule has 0 bridgehead atoms. The lowest BCUT2D eigenvalue weighted by Crippen LogP contribution is -2.08. The van der Waals surface area contributed by atoms with Gasteiger partial charge >= 0.3 is 5.97 Å². The van der Waals surface area contributed by atoms with E-state index in [2.05, 4.69) is 20.9 Å². The van der Waals surface area contributed by atoms with Crippen molar-refractivity contribution in [3.63, 3.8) is 0 Å². The van der Waals surface area contributed by atoms with Crippen molar-refractivity contribution in [2.45, 2.75) is 13.8 Å². The number of hydrogen-bond donors (Lipinski definition) is 0. The highest BCUT2D eigenvalue weighted by atomic mass is 79.9. The summed E-state index contributed by atoms with van der Waals surface area (Å²) in [4.78, 5) is 15.5. The van der Waals surface area contributed by atoms with Gasteiger partial charge in [0.15, 0.2) is 5.75 Å². The van der Waals surface area contributed by atoms with Gasteiger partial charge in [-0.2, -0.15) is 0 Å². The van der Waals surface area contributed by atoms with Crippen LogP contribution in [0, 0.1) is 0 Å². The first kappa shape index (κ1) is 12.0. The summed E-state index contributed by atoms with van der Waals surface area (Å²) in [7, 11) is 0. The molecule has 1 aromatic rings. The largest absolute Gasteiger partial charge is 0.491 e. The number of esters is 1. The molecule has 0 N–H and O–H groups in total. The van der Waals surface area contributed by atoms with Crippen molar-refractivity contribution in [3.05, 3.63) is 22.4 Å². The zero-order valence-corrected chi connectivity index (χ0v) is 10.2. The number of aromatic nitrogens is 1. The van der Waals surface area contributed by atoms with Crippen LogP contribution < -0.4 is 4.74 Å². The Morgan fingerprint density at radius 3 is 2.80 bits per heavy atom. The molecular weight excluding hydrogens is 262 g/mol. The van der Waals surface area contributed by atoms with Crippen molar-refractivity contribution in [2.75, 3.05) is 13.2 Å². The number of pyridine rings is 1. The quantitative estimate of drug-likeness (QED) is 0.625. The minimum Gasteiger partial charge on any atom is -0.491 e. The van der Waals surface area contributed by atoms with Crippen molar-refractivity contribution in [2.24, 2.45) is 0 Å². The second-order valence-electron chi connectivity index (χ2n) is 2.66. The number of halogens is 1. The molecule has 0 fully saturated rings. The van der Waals surface area contributed by atoms with Crippen LogP contribution in [-0.2, 0) is 4.74 Å². The molecule has 1 rings (SSSR count). The van der Waals surface area contributed by atoms with Gasteiger partial charge in [-0.3, -0.25) is 0 Å². The molecular formula is C10H12BrNO3. The molecule has 0 unspecified atom stereocenters. The Balaban J connectivity index is 3.00. The number of nitrogens with zero attached hydrogens (tertiary/aromatic N) is 1. The molecule has 0 spiro atoms. The maximum Gasteiger partial charge on any atom is 0.342 e. The lowest BCUT2D eigenvalue weighted by Gasteiger charge is -2.08. The molecule has 0 radical (unpaired) electrons. The first-order valence-electron chi connectivity index (χ1n) is 4.64. The van der Waals surface area contributed by atoms with Crippen LogP contribution in [0.3, 0.4) is 0 Å². The van der Waals surface area contributed by atoms with Gasteiger partial charge in [0.2, 0.25) is 0 Å². The maximum atomic E-state index is 11.5. The van der Waals surface area contributed by atoms with E-state index >= 15 is 0 Å². The second kappa shape index (κ2) is 5.70. The molecule has 0 aliphatic carbocycles. The van der Waals surface area contributed by atoms with Gasteiger partial charge in [0.05, 0.1) is 19.4 Å². The van der Waals surface area contributed by atoms with Crippen LogP contribution >= 0.6 is 15.9 Å². The number of carbonyl (C=O) groups excluding carboxylic acids is 1. The molecule has 82 valence electrons. The van der Waals surface area contributed by atoms with E-state index in [1.54, 1.807) is 13.0 Å². The van der Waals surface area contributed by atoms with Crippen LogP contribution in [0.15, 0.2) is 16.9 Å². The van der Waals surface area contributed by atoms with Crippen molar-refractivity contribution >= 4 is 21.9 Å². The average Bonchev–Trinajstić information content (AvgIpc) is 2.21. The molecule has 1 heterocycles. The number of carbonyl (C=O) groups is 1. The molecule has 15 heavy (non-hydrogen) atoms. The van der Waals surface area contributed by atoms with E-state index in [0.717, 1.165) is 0 Å². The molecule has 0 saturated heterocycles. The van der Waals surface area contributed by atoms with Crippen molar-refractivity contribution in [1.29, 1.82) is 0 Å². The molecule has 0 atom stereocenters. The van der Waals surface area contributed by atoms with E-state index in [0.29, 0.717) is 29.1 Å². The van der Waals surface area contributed by atoms with E-state index in [9.17, 15) is 4.79 Å². The molecule has 0 aliphatic heterocycles. The van der Waals surface area contributed by atoms with Gasteiger partial charge in [-0.1, -0.05) is 0 Å². The standard InChI is InChI=1S/C10H12BrNO3/c1-3-14-8-6-12-9(11)5-7(8)10(13)15-4-2/h5-6H,3-4H2,1-2H3. The SMILES string of the molecule is CCOC(=O)c1cc(Br)ncc1OCC. The number of rotatable bonds is 4.